The van der Waals surface area contributed by atoms with Gasteiger partial charge in [0.25, 0.3) is 5.91 Å². The molecule has 0 unspecified atom stereocenters. The minimum Gasteiger partial charge on any atom is -0.449 e. The lowest BCUT2D eigenvalue weighted by molar-refractivity contribution is -0.127. The summed E-state index contributed by atoms with van der Waals surface area (Å²) in [6, 6.07) is 6.42. The number of hydrogen-bond acceptors (Lipinski definition) is 6. The zero-order valence-electron chi connectivity index (χ0n) is 14.2. The number of benzene rings is 1. The van der Waals surface area contributed by atoms with E-state index in [9.17, 15) is 14.4 Å². The molecule has 1 fully saturated rings. The van der Waals surface area contributed by atoms with Crippen LogP contribution >= 0.6 is 11.8 Å². The van der Waals surface area contributed by atoms with Crippen LogP contribution in [0.15, 0.2) is 29.2 Å². The van der Waals surface area contributed by atoms with E-state index in [1.807, 2.05) is 12.1 Å². The van der Waals surface area contributed by atoms with Crippen LogP contribution in [0.1, 0.15) is 30.1 Å². The number of nitrogens with one attached hydrogen (secondary N) is 2. The van der Waals surface area contributed by atoms with Gasteiger partial charge in [-0.05, 0) is 31.9 Å². The third-order valence-corrected chi connectivity index (χ3v) is 4.88. The topological polar surface area (TPSA) is 93.7 Å². The Balaban J connectivity index is 1.96. The van der Waals surface area contributed by atoms with Crippen LogP contribution in [0.25, 0.3) is 0 Å². The predicted octanol–water partition coefficient (Wildman–Crippen LogP) is 1.96. The molecule has 3 amide bonds. The van der Waals surface area contributed by atoms with Gasteiger partial charge in [0.1, 0.15) is 0 Å². The van der Waals surface area contributed by atoms with E-state index in [0.717, 1.165) is 30.1 Å². The summed E-state index contributed by atoms with van der Waals surface area (Å²) in [6.45, 7) is 2.20. The normalized spacial score (nSPS) is 17.6. The molecule has 0 bridgehead atoms. The van der Waals surface area contributed by atoms with Gasteiger partial charge in [0.15, 0.2) is 6.10 Å². The molecule has 1 aromatic rings. The number of carbonyl (C=O) groups excluding carboxylic acids is 3. The van der Waals surface area contributed by atoms with Crippen molar-refractivity contribution in [1.29, 1.82) is 0 Å². The van der Waals surface area contributed by atoms with Gasteiger partial charge in [0.05, 0.1) is 11.7 Å². The van der Waals surface area contributed by atoms with E-state index in [0.29, 0.717) is 5.56 Å². The molecule has 1 saturated heterocycles. The summed E-state index contributed by atoms with van der Waals surface area (Å²) in [6.07, 6.45) is 1.20. The number of esters is 1. The van der Waals surface area contributed by atoms with Crippen LogP contribution in [-0.4, -0.2) is 49.5 Å². The molecule has 2 rings (SSSR count). The molecular weight excluding hydrogens is 344 g/mol. The van der Waals surface area contributed by atoms with Crippen LogP contribution in [0.3, 0.4) is 0 Å². The van der Waals surface area contributed by atoms with E-state index in [4.69, 9.17) is 9.47 Å². The molecule has 0 aliphatic carbocycles. The molecule has 0 saturated carbocycles. The molecule has 1 aliphatic heterocycles. The van der Waals surface area contributed by atoms with Crippen LogP contribution < -0.4 is 10.6 Å². The highest BCUT2D eigenvalue weighted by Gasteiger charge is 2.23. The molecule has 0 spiro atoms. The van der Waals surface area contributed by atoms with Crippen molar-refractivity contribution in [3.8, 4) is 0 Å². The Bertz CT molecular complexity index is 631. The fourth-order valence-corrected chi connectivity index (χ4v) is 3.38. The largest absolute Gasteiger partial charge is 0.449 e. The third-order valence-electron chi connectivity index (χ3n) is 3.67. The van der Waals surface area contributed by atoms with Crippen molar-refractivity contribution in [1.82, 2.24) is 10.6 Å². The van der Waals surface area contributed by atoms with Gasteiger partial charge < -0.3 is 14.8 Å². The summed E-state index contributed by atoms with van der Waals surface area (Å²) in [4.78, 5) is 36.1. The lowest BCUT2D eigenvalue weighted by Gasteiger charge is -2.15. The second-order valence-corrected chi connectivity index (χ2v) is 6.62. The second-order valence-electron chi connectivity index (χ2n) is 5.56. The molecule has 2 atom stereocenters. The lowest BCUT2D eigenvalue weighted by Crippen LogP contribution is -2.43. The Labute approximate surface area is 150 Å². The highest BCUT2D eigenvalue weighted by molar-refractivity contribution is 7.99. The average molecular weight is 366 g/mol. The summed E-state index contributed by atoms with van der Waals surface area (Å²) < 4.78 is 10.8. The second kappa shape index (κ2) is 9.43. The molecule has 0 radical (unpaired) electrons. The van der Waals surface area contributed by atoms with Gasteiger partial charge in [-0.1, -0.05) is 12.1 Å². The Morgan fingerprint density at radius 1 is 1.36 bits per heavy atom. The van der Waals surface area contributed by atoms with Crippen molar-refractivity contribution < 1.29 is 23.9 Å². The van der Waals surface area contributed by atoms with Gasteiger partial charge in [-0.3, -0.25) is 10.1 Å². The number of carbonyl (C=O) groups is 3. The van der Waals surface area contributed by atoms with E-state index in [1.54, 1.807) is 12.1 Å². The number of urea groups is 1. The molecule has 0 aromatic heterocycles. The standard InChI is InChI=1S/C17H22N2O5S/c1-11(15(20)19-17(22)18-2)24-16(21)13-7-3-4-8-14(13)25-10-12-6-5-9-23-12/h3-4,7-8,11-12H,5-6,9-10H2,1-2H3,(H2,18,19,20,22)/t11-,12+/m1/s1. The monoisotopic (exact) mass is 366 g/mol. The van der Waals surface area contributed by atoms with Gasteiger partial charge in [0.2, 0.25) is 0 Å². The van der Waals surface area contributed by atoms with Gasteiger partial charge in [-0.2, -0.15) is 0 Å². The lowest BCUT2D eigenvalue weighted by atomic mass is 10.2. The Morgan fingerprint density at radius 3 is 2.80 bits per heavy atom. The van der Waals surface area contributed by atoms with Crippen LogP contribution in [0.5, 0.6) is 0 Å². The SMILES string of the molecule is CNC(=O)NC(=O)[C@@H](C)OC(=O)c1ccccc1SC[C@@H]1CCCO1. The first kappa shape index (κ1) is 19.3. The predicted molar refractivity (Wildman–Crippen MR) is 93.6 cm³/mol. The van der Waals surface area contributed by atoms with Gasteiger partial charge in [-0.25, -0.2) is 9.59 Å². The minimum atomic E-state index is -1.08. The van der Waals surface area contributed by atoms with Gasteiger partial charge >= 0.3 is 12.0 Å². The summed E-state index contributed by atoms with van der Waals surface area (Å²) in [5, 5.41) is 4.34. The van der Waals surface area contributed by atoms with E-state index >= 15 is 0 Å². The maximum Gasteiger partial charge on any atom is 0.340 e. The van der Waals surface area contributed by atoms with Gasteiger partial charge in [0, 0.05) is 24.3 Å². The fourth-order valence-electron chi connectivity index (χ4n) is 2.27. The number of amides is 3. The van der Waals surface area contributed by atoms with Crippen LogP contribution in [0.2, 0.25) is 0 Å². The zero-order chi connectivity index (χ0) is 18.2. The van der Waals surface area contributed by atoms with Crippen molar-refractivity contribution in [3.63, 3.8) is 0 Å². The molecule has 1 aromatic carbocycles. The first-order valence-corrected chi connectivity index (χ1v) is 9.06. The van der Waals surface area contributed by atoms with Crippen LogP contribution in [0.4, 0.5) is 4.79 Å². The van der Waals surface area contributed by atoms with E-state index in [-0.39, 0.29) is 6.10 Å². The molecule has 2 N–H and O–H groups in total. The Morgan fingerprint density at radius 2 is 2.12 bits per heavy atom. The minimum absolute atomic E-state index is 0.200. The highest BCUT2D eigenvalue weighted by atomic mass is 32.2. The maximum atomic E-state index is 12.4. The summed E-state index contributed by atoms with van der Waals surface area (Å²) >= 11 is 1.53. The molecule has 7 nitrogen and oxygen atoms in total. The number of rotatable bonds is 6. The quantitative estimate of drug-likeness (QED) is 0.590. The first-order valence-electron chi connectivity index (χ1n) is 8.08. The fraction of sp³-hybridized carbons (Fsp3) is 0.471. The highest BCUT2D eigenvalue weighted by Crippen LogP contribution is 2.27. The molecule has 1 heterocycles. The maximum absolute atomic E-state index is 12.4. The third kappa shape index (κ3) is 5.75. The molecule has 136 valence electrons. The van der Waals surface area contributed by atoms with Gasteiger partial charge in [-0.15, -0.1) is 11.8 Å². The van der Waals surface area contributed by atoms with Crippen molar-refractivity contribution in [3.05, 3.63) is 29.8 Å². The van der Waals surface area contributed by atoms with Crippen molar-refractivity contribution >= 4 is 29.7 Å². The summed E-state index contributed by atoms with van der Waals surface area (Å²) in [5.74, 6) is -0.524. The number of ether oxygens (including phenoxy) is 2. The summed E-state index contributed by atoms with van der Waals surface area (Å²) in [5.41, 5.74) is 0.394. The summed E-state index contributed by atoms with van der Waals surface area (Å²) in [7, 11) is 1.39. The number of imide groups is 1. The molecular formula is C17H22N2O5S. The molecule has 1 aliphatic rings. The number of thioether (sulfide) groups is 1. The smallest absolute Gasteiger partial charge is 0.340 e. The Hall–Kier alpha value is -2.06. The average Bonchev–Trinajstić information content (AvgIpc) is 3.13. The number of hydrogen-bond donors (Lipinski definition) is 2. The van der Waals surface area contributed by atoms with Crippen molar-refractivity contribution in [2.24, 2.45) is 0 Å². The van der Waals surface area contributed by atoms with E-state index in [1.165, 1.54) is 25.7 Å². The Kier molecular flexibility index (Phi) is 7.27. The molecule has 25 heavy (non-hydrogen) atoms. The van der Waals surface area contributed by atoms with Crippen LogP contribution in [-0.2, 0) is 14.3 Å². The van der Waals surface area contributed by atoms with E-state index in [2.05, 4.69) is 10.6 Å². The zero-order valence-corrected chi connectivity index (χ0v) is 15.1. The molecule has 8 heteroatoms. The van der Waals surface area contributed by atoms with E-state index < -0.39 is 24.0 Å². The van der Waals surface area contributed by atoms with Crippen LogP contribution in [0, 0.1) is 0 Å². The van der Waals surface area contributed by atoms with Crippen molar-refractivity contribution in [2.75, 3.05) is 19.4 Å². The van der Waals surface area contributed by atoms with Crippen molar-refractivity contribution in [2.45, 2.75) is 36.9 Å². The first-order chi connectivity index (χ1) is 12.0.